The predicted octanol–water partition coefficient (Wildman–Crippen LogP) is 7.63. The molecular weight excluding hydrogens is 579 g/mol. The third-order valence-electron chi connectivity index (χ3n) is 7.19. The molecule has 0 amide bonds. The first-order valence-electron chi connectivity index (χ1n) is 14.8. The minimum absolute atomic E-state index is 0.0105. The molecule has 1 saturated carbocycles. The molecule has 0 unspecified atom stereocenters. The van der Waals surface area contributed by atoms with E-state index in [1.165, 1.54) is 6.07 Å². The lowest BCUT2D eigenvalue weighted by Crippen LogP contribution is -2.29. The first kappa shape index (κ1) is 33.3. The molecule has 0 spiro atoms. The Hall–Kier alpha value is -4.60. The van der Waals surface area contributed by atoms with Gasteiger partial charge in [-0.3, -0.25) is 0 Å². The number of carbonyl (C=O) groups is 1. The molecule has 4 rings (SSSR count). The monoisotopic (exact) mass is 618 g/mol. The Kier molecular flexibility index (Phi) is 12.6. The quantitative estimate of drug-likeness (QED) is 0.0587. The summed E-state index contributed by atoms with van der Waals surface area (Å²) in [6, 6.07) is 17.1. The van der Waals surface area contributed by atoms with Crippen molar-refractivity contribution in [1.29, 1.82) is 0 Å². The summed E-state index contributed by atoms with van der Waals surface area (Å²) < 4.78 is 54.3. The standard InChI is InChI=1S/C36H39FO8/c1-4-27-9-13-29(14-10-27)43-25-39-19-21-41-33-24-32(37)34(23-31(33)35(38)45-36(6-3)17-7-8-18-36)42-22-20-40-26-44-30-15-11-28(5-2)12-16-30/h4-6,9-16,23-24H,1-3,7-8,17-22,25-26H2. The third-order valence-corrected chi connectivity index (χ3v) is 7.19. The zero-order valence-corrected chi connectivity index (χ0v) is 25.3. The van der Waals surface area contributed by atoms with E-state index in [9.17, 15) is 4.79 Å². The van der Waals surface area contributed by atoms with E-state index in [2.05, 4.69) is 19.7 Å². The van der Waals surface area contributed by atoms with Crippen molar-refractivity contribution in [3.8, 4) is 23.0 Å². The molecule has 9 heteroatoms. The van der Waals surface area contributed by atoms with Crippen LogP contribution in [0.5, 0.6) is 23.0 Å². The van der Waals surface area contributed by atoms with Crippen molar-refractivity contribution in [1.82, 2.24) is 0 Å². The average Bonchev–Trinajstić information content (AvgIpc) is 3.54. The molecule has 0 atom stereocenters. The van der Waals surface area contributed by atoms with Crippen LogP contribution in [0.4, 0.5) is 4.39 Å². The molecule has 1 fully saturated rings. The third kappa shape index (κ3) is 9.96. The van der Waals surface area contributed by atoms with Crippen molar-refractivity contribution >= 4 is 18.1 Å². The van der Waals surface area contributed by atoms with E-state index in [0.717, 1.165) is 30.0 Å². The Morgan fingerprint density at radius 1 is 0.711 bits per heavy atom. The molecular formula is C36H39FO8. The number of ether oxygens (including phenoxy) is 7. The highest BCUT2D eigenvalue weighted by atomic mass is 19.1. The molecule has 0 heterocycles. The van der Waals surface area contributed by atoms with E-state index < -0.39 is 17.4 Å². The fourth-order valence-corrected chi connectivity index (χ4v) is 4.64. The van der Waals surface area contributed by atoms with Gasteiger partial charge in [0.1, 0.15) is 41.6 Å². The number of esters is 1. The summed E-state index contributed by atoms with van der Waals surface area (Å²) in [7, 11) is 0. The van der Waals surface area contributed by atoms with Crippen LogP contribution in [0, 0.1) is 5.82 Å². The summed E-state index contributed by atoms with van der Waals surface area (Å²) in [4.78, 5) is 13.3. The highest BCUT2D eigenvalue weighted by molar-refractivity contribution is 5.93. The van der Waals surface area contributed by atoms with Crippen LogP contribution >= 0.6 is 0 Å². The molecule has 0 saturated heterocycles. The first-order chi connectivity index (χ1) is 21.9. The van der Waals surface area contributed by atoms with E-state index in [0.29, 0.717) is 24.3 Å². The van der Waals surface area contributed by atoms with Crippen molar-refractivity contribution in [2.45, 2.75) is 31.3 Å². The predicted molar refractivity (Wildman–Crippen MR) is 170 cm³/mol. The lowest BCUT2D eigenvalue weighted by molar-refractivity contribution is -0.000164. The van der Waals surface area contributed by atoms with Crippen molar-refractivity contribution in [3.05, 3.63) is 109 Å². The number of rotatable bonds is 19. The van der Waals surface area contributed by atoms with Crippen LogP contribution in [0.25, 0.3) is 12.2 Å². The fraction of sp³-hybridized carbons (Fsp3) is 0.306. The smallest absolute Gasteiger partial charge is 0.342 e. The van der Waals surface area contributed by atoms with Crippen LogP contribution in [-0.4, -0.2) is 51.6 Å². The van der Waals surface area contributed by atoms with E-state index in [1.807, 2.05) is 48.5 Å². The molecule has 8 nitrogen and oxygen atoms in total. The maximum Gasteiger partial charge on any atom is 0.342 e. The van der Waals surface area contributed by atoms with Crippen LogP contribution in [0.3, 0.4) is 0 Å². The second-order valence-electron chi connectivity index (χ2n) is 10.2. The van der Waals surface area contributed by atoms with Gasteiger partial charge in [-0.15, -0.1) is 0 Å². The maximum absolute atomic E-state index is 15.1. The lowest BCUT2D eigenvalue weighted by atomic mass is 10.0. The molecule has 3 aromatic rings. The largest absolute Gasteiger partial charge is 0.490 e. The zero-order chi connectivity index (χ0) is 31.9. The van der Waals surface area contributed by atoms with Gasteiger partial charge in [0.2, 0.25) is 0 Å². The average molecular weight is 619 g/mol. The van der Waals surface area contributed by atoms with Gasteiger partial charge >= 0.3 is 5.97 Å². The topological polar surface area (TPSA) is 81.7 Å². The zero-order valence-electron chi connectivity index (χ0n) is 25.3. The van der Waals surface area contributed by atoms with E-state index in [4.69, 9.17) is 33.2 Å². The Morgan fingerprint density at radius 3 is 1.71 bits per heavy atom. The van der Waals surface area contributed by atoms with Crippen LogP contribution < -0.4 is 18.9 Å². The van der Waals surface area contributed by atoms with Gasteiger partial charge in [-0.1, -0.05) is 56.2 Å². The van der Waals surface area contributed by atoms with Crippen LogP contribution in [0.2, 0.25) is 0 Å². The summed E-state index contributed by atoms with van der Waals surface area (Å²) >= 11 is 0. The summed E-state index contributed by atoms with van der Waals surface area (Å²) in [5.41, 5.74) is 1.22. The second kappa shape index (κ2) is 17.0. The van der Waals surface area contributed by atoms with Crippen molar-refractivity contribution in [2.24, 2.45) is 0 Å². The number of carbonyl (C=O) groups excluding carboxylic acids is 1. The number of hydrogen-bond acceptors (Lipinski definition) is 8. The second-order valence-corrected chi connectivity index (χ2v) is 10.2. The molecule has 238 valence electrons. The molecule has 45 heavy (non-hydrogen) atoms. The van der Waals surface area contributed by atoms with E-state index >= 15 is 4.39 Å². The van der Waals surface area contributed by atoms with Crippen LogP contribution in [0.1, 0.15) is 47.2 Å². The molecule has 1 aliphatic rings. The molecule has 1 aliphatic carbocycles. The summed E-state index contributed by atoms with van der Waals surface area (Å²) in [5, 5.41) is 0. The highest BCUT2D eigenvalue weighted by Crippen LogP contribution is 2.37. The van der Waals surface area contributed by atoms with E-state index in [1.54, 1.807) is 18.2 Å². The Bertz CT molecular complexity index is 1410. The van der Waals surface area contributed by atoms with Gasteiger partial charge in [-0.25, -0.2) is 9.18 Å². The lowest BCUT2D eigenvalue weighted by Gasteiger charge is -2.25. The van der Waals surface area contributed by atoms with Crippen LogP contribution in [0.15, 0.2) is 86.5 Å². The van der Waals surface area contributed by atoms with Gasteiger partial charge in [0.25, 0.3) is 0 Å². The number of halogens is 1. The number of hydrogen-bond donors (Lipinski definition) is 0. The van der Waals surface area contributed by atoms with E-state index in [-0.39, 0.29) is 57.1 Å². The highest BCUT2D eigenvalue weighted by Gasteiger charge is 2.36. The minimum atomic E-state index is -0.770. The molecule has 0 bridgehead atoms. The first-order valence-corrected chi connectivity index (χ1v) is 14.8. The minimum Gasteiger partial charge on any atom is -0.490 e. The SMILES string of the molecule is C=Cc1ccc(OCOCCOc2cc(C(=O)OC3(C=C)CCCC3)c(OCCOCOc3ccc(C=C)cc3)cc2F)cc1. The van der Waals surface area contributed by atoms with Crippen molar-refractivity contribution < 1.29 is 42.3 Å². The molecule has 0 radical (unpaired) electrons. The molecule has 0 aromatic heterocycles. The summed E-state index contributed by atoms with van der Waals surface area (Å²) in [5.74, 6) is -0.197. The maximum atomic E-state index is 15.1. The van der Waals surface area contributed by atoms with Gasteiger partial charge < -0.3 is 33.2 Å². The van der Waals surface area contributed by atoms with Gasteiger partial charge in [0, 0.05) is 12.1 Å². The van der Waals surface area contributed by atoms with Gasteiger partial charge in [-0.2, -0.15) is 0 Å². The molecule has 3 aromatic carbocycles. The number of benzene rings is 3. The summed E-state index contributed by atoms with van der Waals surface area (Å²) in [6.07, 6.45) is 8.32. The van der Waals surface area contributed by atoms with Gasteiger partial charge in [0.05, 0.1) is 13.2 Å². The molecule has 0 aliphatic heterocycles. The fourth-order valence-electron chi connectivity index (χ4n) is 4.64. The summed E-state index contributed by atoms with van der Waals surface area (Å²) in [6.45, 7) is 11.6. The van der Waals surface area contributed by atoms with Gasteiger partial charge in [0.15, 0.2) is 25.2 Å². The molecule has 0 N–H and O–H groups in total. The Balaban J connectivity index is 1.31. The Morgan fingerprint density at radius 2 is 1.22 bits per heavy atom. The van der Waals surface area contributed by atoms with Gasteiger partial charge in [-0.05, 0) is 67.2 Å². The Labute approximate surface area is 263 Å². The van der Waals surface area contributed by atoms with Crippen molar-refractivity contribution in [2.75, 3.05) is 40.0 Å². The van der Waals surface area contributed by atoms with Crippen LogP contribution in [-0.2, 0) is 14.2 Å². The van der Waals surface area contributed by atoms with Crippen molar-refractivity contribution in [3.63, 3.8) is 0 Å². The normalized spacial score (nSPS) is 13.4.